The number of rotatable bonds is 7. The molecule has 9 nitrogen and oxygen atoms in total. The quantitative estimate of drug-likeness (QED) is 0.119. The molecule has 2 heterocycles. The summed E-state index contributed by atoms with van der Waals surface area (Å²) < 4.78 is 33.2. The molecule has 0 unspecified atom stereocenters. The van der Waals surface area contributed by atoms with E-state index >= 15 is 0 Å². The first kappa shape index (κ1) is 77.2. The molecule has 10 fully saturated rings. The van der Waals surface area contributed by atoms with Crippen LogP contribution in [0.2, 0.25) is 0 Å². The summed E-state index contributed by atoms with van der Waals surface area (Å²) in [6.45, 7) is 46.5. The third-order valence-corrected chi connectivity index (χ3v) is 29.0. The highest BCUT2D eigenvalue weighted by atomic mass is 35.7. The number of hydrogen-bond donors (Lipinski definition) is 4. The van der Waals surface area contributed by atoms with Gasteiger partial charge >= 0.3 is 5.97 Å². The molecule has 0 amide bonds. The van der Waals surface area contributed by atoms with Crippen molar-refractivity contribution >= 4 is 25.7 Å². The van der Waals surface area contributed by atoms with E-state index in [4.69, 9.17) is 20.2 Å². The minimum atomic E-state index is -3.55. The molecule has 510 valence electrons. The summed E-state index contributed by atoms with van der Waals surface area (Å²) in [6.07, 6.45) is 30.6. The number of ether oxygens (including phenoxy) is 2. The van der Waals surface area contributed by atoms with E-state index in [1.54, 1.807) is 18.2 Å². The maximum absolute atomic E-state index is 11.8. The maximum Gasteiger partial charge on any atom is 0.306 e. The molecular weight excluding hydrogens is 1140 g/mol. The number of carbonyl (C=O) groups is 1. The highest BCUT2D eigenvalue weighted by molar-refractivity contribution is 8.13. The Hall–Kier alpha value is -1.53. The Morgan fingerprint density at radius 3 is 1.34 bits per heavy atom. The molecule has 11 heteroatoms. The topological polar surface area (TPSA) is 151 Å². The zero-order valence-electron chi connectivity index (χ0n) is 57.9. The third kappa shape index (κ3) is 15.6. The van der Waals surface area contributed by atoms with E-state index in [0.717, 1.165) is 74.9 Å². The molecule has 4 N–H and O–H groups in total. The van der Waals surface area contributed by atoms with Crippen LogP contribution in [0.3, 0.4) is 0 Å². The van der Waals surface area contributed by atoms with Gasteiger partial charge in [0.1, 0.15) is 5.60 Å². The summed E-state index contributed by atoms with van der Waals surface area (Å²) in [5, 5.41) is 41.5. The molecule has 0 radical (unpaired) electrons. The lowest BCUT2D eigenvalue weighted by Gasteiger charge is -2.61. The van der Waals surface area contributed by atoms with E-state index in [2.05, 4.69) is 104 Å². The van der Waals surface area contributed by atoms with Crippen molar-refractivity contribution in [3.8, 4) is 0 Å². The molecule has 1 aromatic carbocycles. The zero-order valence-corrected chi connectivity index (χ0v) is 59.5. The minimum Gasteiger partial charge on any atom is -0.459 e. The first-order chi connectivity index (χ1) is 39.3. The third-order valence-electron chi connectivity index (χ3n) is 27.7. The number of aliphatic hydroxyl groups is 4. The van der Waals surface area contributed by atoms with Crippen molar-refractivity contribution in [3.63, 3.8) is 0 Å². The molecule has 2 aliphatic heterocycles. The van der Waals surface area contributed by atoms with Crippen molar-refractivity contribution in [2.45, 2.75) is 333 Å². The van der Waals surface area contributed by atoms with Crippen LogP contribution in [-0.2, 0) is 23.3 Å². The van der Waals surface area contributed by atoms with Gasteiger partial charge in [-0.05, 0) is 267 Å². The molecule has 8 saturated carbocycles. The normalized spacial score (nSPS) is 42.7. The van der Waals surface area contributed by atoms with Gasteiger partial charge in [-0.25, -0.2) is 8.42 Å². The SMILES string of the molecule is C.C.C=C[C@](C)(O)CC[C@@H]1[C@@]2(C)CCCC(C)(C)[C@@H]2CC[C@@]1(C)O.CC1(C)CCC[C@]2(C)[C@@H](CCO)[C@](C)(O)CC[C@@H]12.CC1(C)CCC[C@]2(C)[C@H]3CC(=O)O[C@]3(C)CC[C@@H]12.CC1(C)CCC[C@]2(C)[C@H]3CCO[C@]3(C)CC[C@@H]12.Cc1ccc(S(=O)(=O)Cl)cc1. The van der Waals surface area contributed by atoms with Crippen molar-refractivity contribution in [2.75, 3.05) is 13.2 Å². The van der Waals surface area contributed by atoms with E-state index in [1.807, 2.05) is 27.7 Å². The van der Waals surface area contributed by atoms with Gasteiger partial charge in [0.25, 0.3) is 9.05 Å². The van der Waals surface area contributed by atoms with Crippen LogP contribution < -0.4 is 0 Å². The molecular formula is C77H135ClO9S. The number of benzene rings is 1. The van der Waals surface area contributed by atoms with Gasteiger partial charge in [0, 0.05) is 29.8 Å². The van der Waals surface area contributed by atoms with E-state index < -0.39 is 25.9 Å². The number of esters is 1. The fourth-order valence-electron chi connectivity index (χ4n) is 23.4. The zero-order chi connectivity index (χ0) is 64.4. The van der Waals surface area contributed by atoms with Crippen molar-refractivity contribution in [1.29, 1.82) is 0 Å². The number of halogens is 1. The molecule has 88 heavy (non-hydrogen) atoms. The van der Waals surface area contributed by atoms with Gasteiger partial charge in [-0.3, -0.25) is 4.79 Å². The molecule has 1 aromatic rings. The van der Waals surface area contributed by atoms with E-state index in [9.17, 15) is 33.6 Å². The predicted octanol–water partition coefficient (Wildman–Crippen LogP) is 19.6. The maximum atomic E-state index is 11.8. The first-order valence-electron chi connectivity index (χ1n) is 34.6. The monoisotopic (exact) mass is 1270 g/mol. The Balaban J connectivity index is 0.000000202. The van der Waals surface area contributed by atoms with Crippen molar-refractivity contribution < 1.29 is 43.1 Å². The first-order valence-corrected chi connectivity index (χ1v) is 36.9. The number of carbonyl (C=O) groups excluding carboxylic acids is 1. The van der Waals surface area contributed by atoms with Gasteiger partial charge in [0.15, 0.2) is 0 Å². The highest BCUT2D eigenvalue weighted by Crippen LogP contribution is 2.68. The molecule has 0 bridgehead atoms. The largest absolute Gasteiger partial charge is 0.459 e. The number of aliphatic hydroxyl groups excluding tert-OH is 1. The second kappa shape index (κ2) is 27.3. The fourth-order valence-corrected chi connectivity index (χ4v) is 24.1. The van der Waals surface area contributed by atoms with Crippen LogP contribution in [-0.4, -0.2) is 76.0 Å². The van der Waals surface area contributed by atoms with Crippen LogP contribution in [0.5, 0.6) is 0 Å². The van der Waals surface area contributed by atoms with Gasteiger partial charge < -0.3 is 29.9 Å². The lowest BCUT2D eigenvalue weighted by molar-refractivity contribution is -0.172. The molecule has 8 aliphatic carbocycles. The Labute approximate surface area is 545 Å². The van der Waals surface area contributed by atoms with Gasteiger partial charge in [0.2, 0.25) is 0 Å². The average molecular weight is 1270 g/mol. The summed E-state index contributed by atoms with van der Waals surface area (Å²) in [5.41, 5.74) is 1.97. The van der Waals surface area contributed by atoms with E-state index in [0.29, 0.717) is 63.1 Å². The summed E-state index contributed by atoms with van der Waals surface area (Å²) in [5.74, 6) is 4.83. The molecule has 11 rings (SSSR count). The summed E-state index contributed by atoms with van der Waals surface area (Å²) in [4.78, 5) is 11.9. The smallest absolute Gasteiger partial charge is 0.306 e. The fraction of sp³-hybridized carbons (Fsp3) is 0.883. The van der Waals surface area contributed by atoms with E-state index in [1.165, 1.54) is 115 Å². The van der Waals surface area contributed by atoms with Gasteiger partial charge in [0.05, 0.1) is 33.7 Å². The van der Waals surface area contributed by atoms with Gasteiger partial charge in [-0.1, -0.05) is 147 Å². The van der Waals surface area contributed by atoms with Crippen molar-refractivity contribution in [1.82, 2.24) is 0 Å². The highest BCUT2D eigenvalue weighted by Gasteiger charge is 2.64. The predicted molar refractivity (Wildman–Crippen MR) is 367 cm³/mol. The summed E-state index contributed by atoms with van der Waals surface area (Å²) in [6, 6.07) is 6.37. The number of hydrogen-bond acceptors (Lipinski definition) is 9. The van der Waals surface area contributed by atoms with Crippen molar-refractivity contribution in [3.05, 3.63) is 42.5 Å². The Morgan fingerprint density at radius 2 is 0.932 bits per heavy atom. The van der Waals surface area contributed by atoms with Crippen molar-refractivity contribution in [2.24, 2.45) is 90.7 Å². The molecule has 0 spiro atoms. The summed E-state index contributed by atoms with van der Waals surface area (Å²) in [7, 11) is 1.54. The average Bonchev–Trinajstić information content (AvgIpc) is 1.24. The van der Waals surface area contributed by atoms with Crippen LogP contribution in [0.15, 0.2) is 41.8 Å². The Morgan fingerprint density at radius 1 is 0.557 bits per heavy atom. The Kier molecular flexibility index (Phi) is 23.9. The lowest BCUT2D eigenvalue weighted by Crippen LogP contribution is -2.57. The lowest BCUT2D eigenvalue weighted by atomic mass is 9.45. The summed E-state index contributed by atoms with van der Waals surface area (Å²) >= 11 is 0. The van der Waals surface area contributed by atoms with Crippen LogP contribution in [0.4, 0.5) is 0 Å². The number of fused-ring (bicyclic) bond motifs is 8. The minimum absolute atomic E-state index is 0. The van der Waals surface area contributed by atoms with Crippen LogP contribution in [0, 0.1) is 97.6 Å². The van der Waals surface area contributed by atoms with Gasteiger partial charge in [-0.2, -0.15) is 0 Å². The second-order valence-electron chi connectivity index (χ2n) is 35.5. The van der Waals surface area contributed by atoms with Crippen LogP contribution in [0.1, 0.15) is 299 Å². The standard InChI is InChI=1S/C20H36O2.C16H26O2.C16H30O2.C16H28O.C7H7ClO2S.2CH4/c1-7-18(4,21)13-9-16-19(5)12-8-11-17(2,3)15(19)10-14-20(16,6)22;1-14(2)7-5-8-15(3)11(14)6-9-16(4)12(15)10-13(17)18-16;1-14(2)8-5-9-15(3)12(14)6-10-16(4,18)13(15)7-11-17;1-14(2)8-5-9-15(3)12(14)6-10-16(4)13(15)7-11-17-16;1-6-2-4-7(5-3-6)11(8,9)10;;/h7,15-16,21-22H,1,8-14H2,2-6H3;11-12H,5-10H2,1-4H3;12-13,17-18H,5-11H2,1-4H3;12-13H,5-11H2,1-4H3;2-5H,1H3;2*1H4/t15-,16+,18-,19-,20+;11-,12+,15-,16+;2*12-,13+,15-,16+;;;/m0000.../s1. The molecule has 17 atom stereocenters. The van der Waals surface area contributed by atoms with E-state index in [-0.39, 0.29) is 66.2 Å². The van der Waals surface area contributed by atoms with Crippen LogP contribution in [0.25, 0.3) is 0 Å². The van der Waals surface area contributed by atoms with Crippen LogP contribution >= 0.6 is 10.7 Å². The Bertz CT molecular complexity index is 2600. The van der Waals surface area contributed by atoms with Gasteiger partial charge in [-0.15, -0.1) is 6.58 Å². The molecule has 2 saturated heterocycles. The molecule has 0 aromatic heterocycles. The second-order valence-corrected chi connectivity index (χ2v) is 38.1. The number of aryl methyl sites for hydroxylation is 1. The molecule has 10 aliphatic rings.